The van der Waals surface area contributed by atoms with Crippen molar-refractivity contribution in [2.24, 2.45) is 0 Å². The molecule has 2 aliphatic carbocycles. The van der Waals surface area contributed by atoms with E-state index in [2.05, 4.69) is 43.3 Å². The van der Waals surface area contributed by atoms with Gasteiger partial charge in [0, 0.05) is 12.8 Å². The lowest BCUT2D eigenvalue weighted by Gasteiger charge is -2.24. The number of ketones is 2. The number of carbonyl (C=O) groups excluding carboxylic acids is 2. The van der Waals surface area contributed by atoms with Gasteiger partial charge in [0.25, 0.3) is 0 Å². The van der Waals surface area contributed by atoms with Gasteiger partial charge in [0.1, 0.15) is 17.5 Å². The first-order valence-electron chi connectivity index (χ1n) is 8.49. The molecule has 0 aromatic heterocycles. The molecule has 2 aromatic rings. The zero-order valence-electron chi connectivity index (χ0n) is 13.4. The Morgan fingerprint density at radius 3 is 2.43 bits per heavy atom. The first kappa shape index (κ1) is 14.4. The molecule has 0 unspecified atom stereocenters. The maximum Gasteiger partial charge on any atom is 0.147 e. The van der Waals surface area contributed by atoms with Crippen LogP contribution in [0.4, 0.5) is 0 Å². The van der Waals surface area contributed by atoms with E-state index in [1.807, 2.05) is 0 Å². The first-order valence-corrected chi connectivity index (χ1v) is 8.49. The number of fused-ring (bicyclic) bond motifs is 3. The van der Waals surface area contributed by atoms with Gasteiger partial charge in [-0.05, 0) is 52.6 Å². The summed E-state index contributed by atoms with van der Waals surface area (Å²) in [5.74, 6) is -0.302. The summed E-state index contributed by atoms with van der Waals surface area (Å²) in [6.07, 6.45) is 3.49. The summed E-state index contributed by atoms with van der Waals surface area (Å²) in [5.41, 5.74) is 7.15. The van der Waals surface area contributed by atoms with Gasteiger partial charge in [-0.3, -0.25) is 9.59 Å². The summed E-state index contributed by atoms with van der Waals surface area (Å²) >= 11 is 0. The van der Waals surface area contributed by atoms with Crippen molar-refractivity contribution in [3.05, 3.63) is 58.7 Å². The predicted octanol–water partition coefficient (Wildman–Crippen LogP) is 4.23. The summed E-state index contributed by atoms with van der Waals surface area (Å²) in [6.45, 7) is 2.10. The standard InChI is InChI=1S/C21H20O2/c1-2-13-10-11-16-15-7-4-3-6-14(15)12-17(16)20(13)21-18(22)8-5-9-19(21)23/h3-4,6-7,10-11,21H,2,5,8-9,12H2,1H3. The van der Waals surface area contributed by atoms with Gasteiger partial charge in [-0.2, -0.15) is 0 Å². The molecule has 0 radical (unpaired) electrons. The summed E-state index contributed by atoms with van der Waals surface area (Å²) < 4.78 is 0. The highest BCUT2D eigenvalue weighted by atomic mass is 16.2. The highest BCUT2D eigenvalue weighted by molar-refractivity contribution is 6.10. The van der Waals surface area contributed by atoms with E-state index >= 15 is 0 Å². The van der Waals surface area contributed by atoms with Crippen LogP contribution < -0.4 is 0 Å². The monoisotopic (exact) mass is 304 g/mol. The van der Waals surface area contributed by atoms with Crippen LogP contribution in [0.5, 0.6) is 0 Å². The van der Waals surface area contributed by atoms with E-state index in [1.165, 1.54) is 22.3 Å². The van der Waals surface area contributed by atoms with Gasteiger partial charge in [-0.25, -0.2) is 0 Å². The van der Waals surface area contributed by atoms with Gasteiger partial charge < -0.3 is 0 Å². The Bertz CT molecular complexity index is 801. The lowest BCUT2D eigenvalue weighted by atomic mass is 9.76. The molecule has 0 atom stereocenters. The Balaban J connectivity index is 1.93. The van der Waals surface area contributed by atoms with Crippen molar-refractivity contribution < 1.29 is 9.59 Å². The van der Waals surface area contributed by atoms with Crippen LogP contribution in [-0.4, -0.2) is 11.6 Å². The average Bonchev–Trinajstić information content (AvgIpc) is 2.93. The van der Waals surface area contributed by atoms with E-state index in [9.17, 15) is 9.59 Å². The maximum atomic E-state index is 12.5. The van der Waals surface area contributed by atoms with Crippen molar-refractivity contribution in [3.8, 4) is 11.1 Å². The van der Waals surface area contributed by atoms with Crippen molar-refractivity contribution in [2.75, 3.05) is 0 Å². The molecular formula is C21H20O2. The van der Waals surface area contributed by atoms with Crippen molar-refractivity contribution >= 4 is 11.6 Å². The quantitative estimate of drug-likeness (QED) is 0.664. The molecule has 116 valence electrons. The molecule has 0 spiro atoms. The molecule has 2 aromatic carbocycles. The fraction of sp³-hybridized carbons (Fsp3) is 0.333. The van der Waals surface area contributed by atoms with Gasteiger partial charge >= 0.3 is 0 Å². The van der Waals surface area contributed by atoms with Crippen LogP contribution in [0.2, 0.25) is 0 Å². The lowest BCUT2D eigenvalue weighted by Crippen LogP contribution is -2.28. The Kier molecular flexibility index (Phi) is 3.41. The van der Waals surface area contributed by atoms with E-state index in [1.54, 1.807) is 0 Å². The molecule has 0 amide bonds. The number of Topliss-reactive ketones (excluding diaryl/α,β-unsaturated/α-hetero) is 2. The second kappa shape index (κ2) is 5.45. The molecule has 0 aliphatic heterocycles. The number of carbonyl (C=O) groups is 2. The third-order valence-electron chi connectivity index (χ3n) is 5.28. The number of rotatable bonds is 2. The molecule has 0 heterocycles. The number of benzene rings is 2. The fourth-order valence-electron chi connectivity index (χ4n) is 4.18. The SMILES string of the molecule is CCc1ccc2c(c1C1C(=O)CCCC1=O)Cc1ccccc1-2. The van der Waals surface area contributed by atoms with E-state index in [0.29, 0.717) is 19.3 Å². The largest absolute Gasteiger partial charge is 0.299 e. The molecule has 1 fully saturated rings. The first-order chi connectivity index (χ1) is 11.2. The molecule has 2 nitrogen and oxygen atoms in total. The van der Waals surface area contributed by atoms with Crippen LogP contribution in [0.25, 0.3) is 11.1 Å². The molecule has 23 heavy (non-hydrogen) atoms. The van der Waals surface area contributed by atoms with Gasteiger partial charge in [-0.1, -0.05) is 43.3 Å². The van der Waals surface area contributed by atoms with Gasteiger partial charge in [0.15, 0.2) is 0 Å². The number of hydrogen-bond donors (Lipinski definition) is 0. The smallest absolute Gasteiger partial charge is 0.147 e. The van der Waals surface area contributed by atoms with E-state index in [4.69, 9.17) is 0 Å². The van der Waals surface area contributed by atoms with E-state index < -0.39 is 5.92 Å². The summed E-state index contributed by atoms with van der Waals surface area (Å²) in [6, 6.07) is 12.7. The minimum atomic E-state index is -0.525. The zero-order chi connectivity index (χ0) is 16.0. The zero-order valence-corrected chi connectivity index (χ0v) is 13.4. The summed E-state index contributed by atoms with van der Waals surface area (Å²) in [7, 11) is 0. The second-order valence-corrected chi connectivity index (χ2v) is 6.57. The Morgan fingerprint density at radius 2 is 1.70 bits per heavy atom. The van der Waals surface area contributed by atoms with Gasteiger partial charge in [-0.15, -0.1) is 0 Å². The molecular weight excluding hydrogens is 284 g/mol. The molecule has 2 aliphatic rings. The van der Waals surface area contributed by atoms with Crippen LogP contribution >= 0.6 is 0 Å². The summed E-state index contributed by atoms with van der Waals surface area (Å²) in [4.78, 5) is 25.1. The van der Waals surface area contributed by atoms with Gasteiger partial charge in [0.2, 0.25) is 0 Å². The second-order valence-electron chi connectivity index (χ2n) is 6.57. The molecule has 2 heteroatoms. The highest BCUT2D eigenvalue weighted by Crippen LogP contribution is 2.43. The molecule has 0 saturated heterocycles. The van der Waals surface area contributed by atoms with Crippen molar-refractivity contribution in [1.29, 1.82) is 0 Å². The summed E-state index contributed by atoms with van der Waals surface area (Å²) in [5, 5.41) is 0. The van der Waals surface area contributed by atoms with Crippen molar-refractivity contribution in [3.63, 3.8) is 0 Å². The molecule has 4 rings (SSSR count). The van der Waals surface area contributed by atoms with Crippen LogP contribution in [0, 0.1) is 0 Å². The fourth-order valence-corrected chi connectivity index (χ4v) is 4.18. The number of aryl methyl sites for hydroxylation is 1. The van der Waals surface area contributed by atoms with Crippen LogP contribution in [0.15, 0.2) is 36.4 Å². The van der Waals surface area contributed by atoms with Crippen LogP contribution in [0.3, 0.4) is 0 Å². The highest BCUT2D eigenvalue weighted by Gasteiger charge is 2.36. The van der Waals surface area contributed by atoms with Crippen molar-refractivity contribution in [2.45, 2.75) is 44.9 Å². The topological polar surface area (TPSA) is 34.1 Å². The van der Waals surface area contributed by atoms with Gasteiger partial charge in [0.05, 0.1) is 0 Å². The number of hydrogen-bond acceptors (Lipinski definition) is 2. The minimum absolute atomic E-state index is 0.111. The Labute approximate surface area is 136 Å². The van der Waals surface area contributed by atoms with E-state index in [0.717, 1.165) is 24.0 Å². The van der Waals surface area contributed by atoms with Crippen LogP contribution in [0.1, 0.15) is 54.4 Å². The average molecular weight is 304 g/mol. The van der Waals surface area contributed by atoms with Crippen molar-refractivity contribution in [1.82, 2.24) is 0 Å². The molecule has 1 saturated carbocycles. The lowest BCUT2D eigenvalue weighted by molar-refractivity contribution is -0.131. The van der Waals surface area contributed by atoms with E-state index in [-0.39, 0.29) is 11.6 Å². The molecule has 0 bridgehead atoms. The third kappa shape index (κ3) is 2.16. The Morgan fingerprint density at radius 1 is 0.957 bits per heavy atom. The maximum absolute atomic E-state index is 12.5. The molecule has 0 N–H and O–H groups in total. The predicted molar refractivity (Wildman–Crippen MR) is 90.7 cm³/mol. The Hall–Kier alpha value is -2.22. The third-order valence-corrected chi connectivity index (χ3v) is 5.28. The van der Waals surface area contributed by atoms with Crippen LogP contribution in [-0.2, 0) is 22.4 Å². The minimum Gasteiger partial charge on any atom is -0.299 e. The normalized spacial score (nSPS) is 17.3.